The molecule has 0 aromatic heterocycles. The molecule has 1 amide bonds. The van der Waals surface area contributed by atoms with Crippen molar-refractivity contribution in [3.8, 4) is 5.75 Å². The second-order valence-corrected chi connectivity index (χ2v) is 5.62. The van der Waals surface area contributed by atoms with Gasteiger partial charge < -0.3 is 9.84 Å². The number of nitro groups is 1. The first-order valence-electron chi connectivity index (χ1n) is 7.81. The highest BCUT2D eigenvalue weighted by Gasteiger charge is 2.21. The Morgan fingerprint density at radius 2 is 1.92 bits per heavy atom. The fraction of sp³-hybridized carbons (Fsp3) is 0.105. The number of non-ortho nitro benzene ring substituents is 1. The van der Waals surface area contributed by atoms with Crippen LogP contribution in [0.2, 0.25) is 0 Å². The molecule has 1 N–H and O–H groups in total. The third-order valence-corrected chi connectivity index (χ3v) is 4.08. The van der Waals surface area contributed by atoms with Crippen molar-refractivity contribution in [3.05, 3.63) is 76.3 Å². The molecule has 0 fully saturated rings. The summed E-state index contributed by atoms with van der Waals surface area (Å²) in [6.07, 6.45) is -0.683. The molecule has 3 aromatic carbocycles. The number of benzene rings is 3. The second-order valence-electron chi connectivity index (χ2n) is 5.62. The van der Waals surface area contributed by atoms with Crippen molar-refractivity contribution in [3.63, 3.8) is 0 Å². The van der Waals surface area contributed by atoms with Crippen LogP contribution in [0.3, 0.4) is 0 Å². The molecule has 0 aliphatic rings. The number of ether oxygens (including phenoxy) is 1. The number of fused-ring (bicyclic) bond motifs is 1. The topological polar surface area (TPSA) is 92.9 Å². The number of rotatable bonds is 4. The van der Waals surface area contributed by atoms with Crippen LogP contribution >= 0.6 is 0 Å². The van der Waals surface area contributed by atoms with E-state index in [4.69, 9.17) is 4.74 Å². The number of amides is 1. The van der Waals surface area contributed by atoms with Crippen LogP contribution in [0.25, 0.3) is 10.8 Å². The first-order chi connectivity index (χ1) is 12.5. The van der Waals surface area contributed by atoms with E-state index < -0.39 is 11.0 Å². The lowest BCUT2D eigenvalue weighted by atomic mass is 10.0. The molecule has 0 radical (unpaired) electrons. The van der Waals surface area contributed by atoms with Crippen molar-refractivity contribution >= 4 is 28.2 Å². The Hall–Kier alpha value is -3.61. The Labute approximate surface area is 149 Å². The predicted molar refractivity (Wildman–Crippen MR) is 97.3 cm³/mol. The number of phenols is 1. The summed E-state index contributed by atoms with van der Waals surface area (Å²) in [5.74, 6) is 0.0306. The molecule has 0 saturated carbocycles. The Bertz CT molecular complexity index is 987. The van der Waals surface area contributed by atoms with E-state index in [-0.39, 0.29) is 18.0 Å². The van der Waals surface area contributed by atoms with Crippen LogP contribution in [0.5, 0.6) is 5.75 Å². The summed E-state index contributed by atoms with van der Waals surface area (Å²) in [4.78, 5) is 24.0. The Balaban J connectivity index is 2.09. The average Bonchev–Trinajstić information content (AvgIpc) is 2.67. The van der Waals surface area contributed by atoms with Crippen LogP contribution in [0.1, 0.15) is 5.56 Å². The predicted octanol–water partition coefficient (Wildman–Crippen LogP) is 4.23. The molecule has 3 aromatic rings. The summed E-state index contributed by atoms with van der Waals surface area (Å²) < 4.78 is 4.83. The quantitative estimate of drug-likeness (QED) is 0.560. The highest BCUT2D eigenvalue weighted by Crippen LogP contribution is 2.31. The van der Waals surface area contributed by atoms with Gasteiger partial charge in [0, 0.05) is 17.7 Å². The molecule has 0 aliphatic heterocycles. The number of anilines is 1. The number of nitrogens with zero attached hydrogens (tertiary/aromatic N) is 2. The van der Waals surface area contributed by atoms with Crippen molar-refractivity contribution in [1.82, 2.24) is 0 Å². The minimum atomic E-state index is -0.683. The smallest absolute Gasteiger partial charge is 0.414 e. The summed E-state index contributed by atoms with van der Waals surface area (Å²) in [7, 11) is 1.23. The third kappa shape index (κ3) is 3.27. The lowest BCUT2D eigenvalue weighted by Crippen LogP contribution is -2.30. The number of carbonyl (C=O) groups excluding carboxylic acids is 1. The zero-order valence-electron chi connectivity index (χ0n) is 14.0. The van der Waals surface area contributed by atoms with Crippen LogP contribution in [-0.4, -0.2) is 23.2 Å². The molecule has 3 rings (SSSR count). The van der Waals surface area contributed by atoms with Gasteiger partial charge in [-0.3, -0.25) is 15.0 Å². The van der Waals surface area contributed by atoms with Gasteiger partial charge in [0.15, 0.2) is 0 Å². The number of hydrogen-bond acceptors (Lipinski definition) is 5. The normalized spacial score (nSPS) is 10.5. The van der Waals surface area contributed by atoms with Crippen LogP contribution < -0.4 is 4.90 Å². The molecule has 26 heavy (non-hydrogen) atoms. The minimum absolute atomic E-state index is 0.00102. The standard InChI is InChI=1S/C19H16N2O5/c1-26-19(23)20(14-6-4-7-15(11-14)21(24)25)12-17-16-8-3-2-5-13(16)9-10-18(17)22/h2-11,22H,12H2,1H3. The molecule has 0 atom stereocenters. The third-order valence-electron chi connectivity index (χ3n) is 4.08. The van der Waals surface area contributed by atoms with Gasteiger partial charge >= 0.3 is 6.09 Å². The highest BCUT2D eigenvalue weighted by molar-refractivity contribution is 5.92. The van der Waals surface area contributed by atoms with Gasteiger partial charge in [-0.1, -0.05) is 36.4 Å². The maximum atomic E-state index is 12.3. The van der Waals surface area contributed by atoms with E-state index in [1.807, 2.05) is 24.3 Å². The average molecular weight is 352 g/mol. The first-order valence-corrected chi connectivity index (χ1v) is 7.81. The lowest BCUT2D eigenvalue weighted by Gasteiger charge is -2.22. The summed E-state index contributed by atoms with van der Waals surface area (Å²) in [6, 6.07) is 16.5. The zero-order chi connectivity index (χ0) is 18.7. The van der Waals surface area contributed by atoms with Crippen LogP contribution in [0.4, 0.5) is 16.2 Å². The van der Waals surface area contributed by atoms with Gasteiger partial charge in [-0.15, -0.1) is 0 Å². The number of aromatic hydroxyl groups is 1. The van der Waals surface area contributed by atoms with E-state index in [0.29, 0.717) is 11.3 Å². The van der Waals surface area contributed by atoms with Crippen LogP contribution in [0.15, 0.2) is 60.7 Å². The van der Waals surface area contributed by atoms with E-state index in [1.165, 1.54) is 30.2 Å². The van der Waals surface area contributed by atoms with Gasteiger partial charge in [0.05, 0.1) is 24.3 Å². The van der Waals surface area contributed by atoms with E-state index in [0.717, 1.165) is 10.8 Å². The fourth-order valence-corrected chi connectivity index (χ4v) is 2.79. The molecule has 7 nitrogen and oxygen atoms in total. The van der Waals surface area contributed by atoms with Gasteiger partial charge in [-0.2, -0.15) is 0 Å². The minimum Gasteiger partial charge on any atom is -0.508 e. The Kier molecular flexibility index (Phi) is 4.70. The monoisotopic (exact) mass is 352 g/mol. The second kappa shape index (κ2) is 7.10. The summed E-state index contributed by atoms with van der Waals surface area (Å²) in [5, 5.41) is 23.0. The van der Waals surface area contributed by atoms with Crippen molar-refractivity contribution in [2.24, 2.45) is 0 Å². The maximum absolute atomic E-state index is 12.3. The zero-order valence-corrected chi connectivity index (χ0v) is 14.0. The van der Waals surface area contributed by atoms with Crippen molar-refractivity contribution < 1.29 is 19.6 Å². The number of hydrogen-bond donors (Lipinski definition) is 1. The van der Waals surface area contributed by atoms with Gasteiger partial charge in [-0.25, -0.2) is 4.79 Å². The molecule has 0 saturated heterocycles. The molecule has 0 aliphatic carbocycles. The SMILES string of the molecule is COC(=O)N(Cc1c(O)ccc2ccccc12)c1cccc([N+](=O)[O-])c1. The van der Waals surface area contributed by atoms with Crippen LogP contribution in [0, 0.1) is 10.1 Å². The Morgan fingerprint density at radius 3 is 2.65 bits per heavy atom. The molecular weight excluding hydrogens is 336 g/mol. The van der Waals surface area contributed by atoms with Crippen molar-refractivity contribution in [1.29, 1.82) is 0 Å². The van der Waals surface area contributed by atoms with Gasteiger partial charge in [0.1, 0.15) is 5.75 Å². The van der Waals surface area contributed by atoms with E-state index in [9.17, 15) is 20.0 Å². The van der Waals surface area contributed by atoms with Gasteiger partial charge in [0.2, 0.25) is 0 Å². The summed E-state index contributed by atoms with van der Waals surface area (Å²) >= 11 is 0. The molecule has 132 valence electrons. The molecular formula is C19H16N2O5. The summed E-state index contributed by atoms with van der Waals surface area (Å²) in [5.41, 5.74) is 0.692. The number of nitro benzene ring substituents is 1. The Morgan fingerprint density at radius 1 is 1.15 bits per heavy atom. The largest absolute Gasteiger partial charge is 0.508 e. The van der Waals surface area contributed by atoms with Gasteiger partial charge in [0.25, 0.3) is 5.69 Å². The maximum Gasteiger partial charge on any atom is 0.414 e. The molecule has 7 heteroatoms. The number of methoxy groups -OCH3 is 1. The molecule has 0 spiro atoms. The van der Waals surface area contributed by atoms with E-state index in [2.05, 4.69) is 0 Å². The van der Waals surface area contributed by atoms with Crippen LogP contribution in [-0.2, 0) is 11.3 Å². The van der Waals surface area contributed by atoms with Crippen molar-refractivity contribution in [2.45, 2.75) is 6.54 Å². The molecule has 0 heterocycles. The first kappa shape index (κ1) is 17.2. The van der Waals surface area contributed by atoms with E-state index >= 15 is 0 Å². The van der Waals surface area contributed by atoms with Gasteiger partial charge in [-0.05, 0) is 22.9 Å². The van der Waals surface area contributed by atoms with E-state index in [1.54, 1.807) is 18.2 Å². The summed E-state index contributed by atoms with van der Waals surface area (Å²) in [6.45, 7) is 0.00102. The fourth-order valence-electron chi connectivity index (χ4n) is 2.79. The molecule has 0 unspecified atom stereocenters. The van der Waals surface area contributed by atoms with Crippen molar-refractivity contribution in [2.75, 3.05) is 12.0 Å². The lowest BCUT2D eigenvalue weighted by molar-refractivity contribution is -0.384. The highest BCUT2D eigenvalue weighted by atomic mass is 16.6. The number of carbonyl (C=O) groups is 1. The number of phenolic OH excluding ortho intramolecular Hbond substituents is 1. The molecule has 0 bridgehead atoms.